The van der Waals surface area contributed by atoms with Crippen molar-refractivity contribution in [2.75, 3.05) is 14.1 Å². The maximum Gasteiger partial charge on any atom is 0.224 e. The third-order valence-electron chi connectivity index (χ3n) is 3.46. The minimum Gasteiger partial charge on any atom is -0.305 e. The third-order valence-corrected chi connectivity index (χ3v) is 3.64. The van der Waals surface area contributed by atoms with E-state index in [1.807, 2.05) is 45.4 Å². The van der Waals surface area contributed by atoms with E-state index in [9.17, 15) is 0 Å². The molecule has 0 aliphatic carbocycles. The fourth-order valence-electron chi connectivity index (χ4n) is 2.46. The number of aromatic nitrogens is 4. The van der Waals surface area contributed by atoms with E-state index >= 15 is 0 Å². The van der Waals surface area contributed by atoms with Crippen molar-refractivity contribution in [2.24, 2.45) is 0 Å². The molecule has 3 rings (SSSR count). The van der Waals surface area contributed by atoms with Gasteiger partial charge in [-0.2, -0.15) is 10.1 Å². The molecule has 0 atom stereocenters. The van der Waals surface area contributed by atoms with Crippen LogP contribution in [0.25, 0.3) is 17.1 Å². The van der Waals surface area contributed by atoms with Crippen molar-refractivity contribution in [3.8, 4) is 17.1 Å². The van der Waals surface area contributed by atoms with Crippen LogP contribution in [0.4, 0.5) is 0 Å². The second kappa shape index (κ2) is 6.48. The van der Waals surface area contributed by atoms with Crippen LogP contribution in [0.1, 0.15) is 11.1 Å². The predicted molar refractivity (Wildman–Crippen MR) is 91.7 cm³/mol. The Bertz CT molecular complexity index is 811. The average Bonchev–Trinajstić information content (AvgIpc) is 2.93. The number of hydrogen-bond acceptors (Lipinski definition) is 4. The van der Waals surface area contributed by atoms with Crippen LogP contribution in [0.2, 0.25) is 5.28 Å². The Morgan fingerprint density at radius 2 is 1.91 bits per heavy atom. The summed E-state index contributed by atoms with van der Waals surface area (Å²) in [5.41, 5.74) is 4.09. The van der Waals surface area contributed by atoms with Gasteiger partial charge in [0.2, 0.25) is 5.28 Å². The molecule has 3 aromatic rings. The Morgan fingerprint density at radius 1 is 1.17 bits per heavy atom. The van der Waals surface area contributed by atoms with Crippen LogP contribution < -0.4 is 0 Å². The molecule has 0 radical (unpaired) electrons. The van der Waals surface area contributed by atoms with Gasteiger partial charge in [0.05, 0.1) is 5.69 Å². The molecule has 23 heavy (non-hydrogen) atoms. The lowest BCUT2D eigenvalue weighted by Crippen LogP contribution is -2.10. The summed E-state index contributed by atoms with van der Waals surface area (Å²) in [6, 6.07) is 10.2. The summed E-state index contributed by atoms with van der Waals surface area (Å²) >= 11 is 5.94. The Hall–Kier alpha value is -2.24. The Labute approximate surface area is 140 Å². The van der Waals surface area contributed by atoms with Crippen LogP contribution in [0.15, 0.2) is 42.7 Å². The molecule has 0 fully saturated rings. The first-order valence-electron chi connectivity index (χ1n) is 7.33. The van der Waals surface area contributed by atoms with Crippen LogP contribution in [0, 0.1) is 6.92 Å². The zero-order valence-corrected chi connectivity index (χ0v) is 14.1. The zero-order valence-electron chi connectivity index (χ0n) is 13.4. The first-order valence-corrected chi connectivity index (χ1v) is 7.70. The van der Waals surface area contributed by atoms with Crippen molar-refractivity contribution in [3.05, 3.63) is 59.1 Å². The maximum atomic E-state index is 5.94. The Kier molecular flexibility index (Phi) is 4.41. The molecule has 0 N–H and O–H groups in total. The van der Waals surface area contributed by atoms with E-state index in [0.717, 1.165) is 28.9 Å². The predicted octanol–water partition coefficient (Wildman–Crippen LogP) is 3.35. The number of aryl methyl sites for hydroxylation is 1. The molecule has 6 heteroatoms. The van der Waals surface area contributed by atoms with Gasteiger partial charge < -0.3 is 4.90 Å². The molecule has 0 unspecified atom stereocenters. The monoisotopic (exact) mass is 327 g/mol. The van der Waals surface area contributed by atoms with E-state index in [0.29, 0.717) is 5.82 Å². The van der Waals surface area contributed by atoms with Crippen molar-refractivity contribution in [1.82, 2.24) is 24.6 Å². The van der Waals surface area contributed by atoms with Crippen molar-refractivity contribution in [1.29, 1.82) is 0 Å². The van der Waals surface area contributed by atoms with E-state index in [2.05, 4.69) is 27.0 Å². The van der Waals surface area contributed by atoms with E-state index in [1.54, 1.807) is 10.9 Å². The Morgan fingerprint density at radius 3 is 2.61 bits per heavy atom. The molecule has 0 saturated carbocycles. The second-order valence-electron chi connectivity index (χ2n) is 5.70. The summed E-state index contributed by atoms with van der Waals surface area (Å²) < 4.78 is 1.78. The topological polar surface area (TPSA) is 46.8 Å². The molecule has 1 aromatic carbocycles. The SMILES string of the molecule is Cc1cnc(Cl)nc1-n1cc(CN(C)C)c(-c2ccccc2)n1. The third kappa shape index (κ3) is 3.41. The normalized spacial score (nSPS) is 11.2. The second-order valence-corrected chi connectivity index (χ2v) is 6.04. The van der Waals surface area contributed by atoms with E-state index in [1.165, 1.54) is 0 Å². The van der Waals surface area contributed by atoms with Crippen LogP contribution in [0.5, 0.6) is 0 Å². The van der Waals surface area contributed by atoms with Crippen LogP contribution in [0.3, 0.4) is 0 Å². The summed E-state index contributed by atoms with van der Waals surface area (Å²) in [6.07, 6.45) is 3.72. The summed E-state index contributed by atoms with van der Waals surface area (Å²) in [5, 5.41) is 4.97. The molecule has 0 amide bonds. The van der Waals surface area contributed by atoms with Gasteiger partial charge in [0.15, 0.2) is 5.82 Å². The van der Waals surface area contributed by atoms with Gasteiger partial charge in [-0.3, -0.25) is 0 Å². The average molecular weight is 328 g/mol. The smallest absolute Gasteiger partial charge is 0.224 e. The highest BCUT2D eigenvalue weighted by Crippen LogP contribution is 2.25. The van der Waals surface area contributed by atoms with Crippen LogP contribution >= 0.6 is 11.6 Å². The van der Waals surface area contributed by atoms with Gasteiger partial charge in [0, 0.05) is 35.6 Å². The van der Waals surface area contributed by atoms with Crippen molar-refractivity contribution in [3.63, 3.8) is 0 Å². The minimum atomic E-state index is 0.219. The molecular weight excluding hydrogens is 310 g/mol. The standard InChI is InChI=1S/C17H18ClN5/c1-12-9-19-17(18)20-16(12)23-11-14(10-22(2)3)15(21-23)13-7-5-4-6-8-13/h4-9,11H,10H2,1-3H3. The highest BCUT2D eigenvalue weighted by molar-refractivity contribution is 6.28. The number of hydrogen-bond donors (Lipinski definition) is 0. The summed E-state index contributed by atoms with van der Waals surface area (Å²) in [6.45, 7) is 2.74. The number of benzene rings is 1. The van der Waals surface area contributed by atoms with Crippen molar-refractivity contribution in [2.45, 2.75) is 13.5 Å². The fraction of sp³-hybridized carbons (Fsp3) is 0.235. The molecule has 5 nitrogen and oxygen atoms in total. The zero-order chi connectivity index (χ0) is 16.4. The van der Waals surface area contributed by atoms with Gasteiger partial charge in [0.25, 0.3) is 0 Å². The quantitative estimate of drug-likeness (QED) is 0.689. The molecule has 0 saturated heterocycles. The van der Waals surface area contributed by atoms with Gasteiger partial charge in [-0.05, 0) is 32.6 Å². The number of nitrogens with zero attached hydrogens (tertiary/aromatic N) is 5. The highest BCUT2D eigenvalue weighted by atomic mass is 35.5. The molecule has 118 valence electrons. The highest BCUT2D eigenvalue weighted by Gasteiger charge is 2.15. The van der Waals surface area contributed by atoms with E-state index in [-0.39, 0.29) is 5.28 Å². The van der Waals surface area contributed by atoms with Gasteiger partial charge in [-0.25, -0.2) is 9.67 Å². The lowest BCUT2D eigenvalue weighted by Gasteiger charge is -2.09. The van der Waals surface area contributed by atoms with E-state index in [4.69, 9.17) is 16.7 Å². The van der Waals surface area contributed by atoms with Gasteiger partial charge in [0.1, 0.15) is 0 Å². The molecule has 2 aromatic heterocycles. The van der Waals surface area contributed by atoms with Gasteiger partial charge >= 0.3 is 0 Å². The number of halogens is 1. The summed E-state index contributed by atoms with van der Waals surface area (Å²) in [5.74, 6) is 0.701. The Balaban J connectivity index is 2.13. The molecular formula is C17H18ClN5. The lowest BCUT2D eigenvalue weighted by atomic mass is 10.1. The summed E-state index contributed by atoms with van der Waals surface area (Å²) in [4.78, 5) is 10.4. The van der Waals surface area contributed by atoms with E-state index < -0.39 is 0 Å². The van der Waals surface area contributed by atoms with Crippen molar-refractivity contribution >= 4 is 11.6 Å². The first kappa shape index (κ1) is 15.6. The molecule has 2 heterocycles. The van der Waals surface area contributed by atoms with Gasteiger partial charge in [-0.1, -0.05) is 30.3 Å². The maximum absolute atomic E-state index is 5.94. The fourth-order valence-corrected chi connectivity index (χ4v) is 2.59. The first-order chi connectivity index (χ1) is 11.0. The molecule has 0 bridgehead atoms. The van der Waals surface area contributed by atoms with Crippen LogP contribution in [-0.2, 0) is 6.54 Å². The van der Waals surface area contributed by atoms with Crippen molar-refractivity contribution < 1.29 is 0 Å². The largest absolute Gasteiger partial charge is 0.305 e. The number of rotatable bonds is 4. The molecule has 0 aliphatic rings. The summed E-state index contributed by atoms with van der Waals surface area (Å²) in [7, 11) is 4.08. The lowest BCUT2D eigenvalue weighted by molar-refractivity contribution is 0.403. The molecule has 0 aliphatic heterocycles. The molecule has 0 spiro atoms. The van der Waals surface area contributed by atoms with Crippen LogP contribution in [-0.4, -0.2) is 38.7 Å². The minimum absolute atomic E-state index is 0.219. The van der Waals surface area contributed by atoms with Gasteiger partial charge in [-0.15, -0.1) is 0 Å².